The number of hydrogen-bond acceptors (Lipinski definition) is 1. The van der Waals surface area contributed by atoms with Crippen molar-refractivity contribution in [1.29, 1.82) is 0 Å². The quantitative estimate of drug-likeness (QED) is 0.835. The molecule has 0 aliphatic heterocycles. The molecule has 0 spiro atoms. The van der Waals surface area contributed by atoms with Crippen molar-refractivity contribution in [2.75, 3.05) is 0 Å². The zero-order valence-corrected chi connectivity index (χ0v) is 9.24. The van der Waals surface area contributed by atoms with Crippen LogP contribution in [0.5, 0.6) is 0 Å². The van der Waals surface area contributed by atoms with Crippen LogP contribution < -0.4 is 0 Å². The van der Waals surface area contributed by atoms with Crippen LogP contribution in [0.3, 0.4) is 0 Å². The molecular formula is C13H15FO2. The fourth-order valence-corrected chi connectivity index (χ4v) is 2.60. The summed E-state index contributed by atoms with van der Waals surface area (Å²) in [5.41, 5.74) is 1.76. The molecule has 3 heteroatoms. The van der Waals surface area contributed by atoms with Crippen LogP contribution in [0.4, 0.5) is 4.39 Å². The second kappa shape index (κ2) is 4.24. The van der Waals surface area contributed by atoms with Crippen LogP contribution in [0.1, 0.15) is 36.8 Å². The van der Waals surface area contributed by atoms with Gasteiger partial charge >= 0.3 is 5.97 Å². The van der Waals surface area contributed by atoms with Gasteiger partial charge in [-0.25, -0.2) is 4.39 Å². The molecule has 1 aromatic carbocycles. The maximum Gasteiger partial charge on any atom is 0.303 e. The fraction of sp³-hybridized carbons (Fsp3) is 0.462. The second-order valence-electron chi connectivity index (χ2n) is 4.49. The maximum atomic E-state index is 13.5. The van der Waals surface area contributed by atoms with E-state index in [9.17, 15) is 9.18 Å². The standard InChI is InChI=1S/C13H15FO2/c1-8-9(7-13(15)16)5-6-11-10(8)3-2-4-12(11)14/h2-4,8-9H,5-7H2,1H3,(H,15,16). The van der Waals surface area contributed by atoms with E-state index in [4.69, 9.17) is 5.11 Å². The molecule has 0 fully saturated rings. The van der Waals surface area contributed by atoms with E-state index in [1.165, 1.54) is 6.07 Å². The van der Waals surface area contributed by atoms with E-state index in [-0.39, 0.29) is 24.1 Å². The normalized spacial score (nSPS) is 23.9. The SMILES string of the molecule is CC1c2cccc(F)c2CCC1CC(=O)O. The molecule has 1 aromatic rings. The van der Waals surface area contributed by atoms with Crippen LogP contribution in [-0.4, -0.2) is 11.1 Å². The van der Waals surface area contributed by atoms with Gasteiger partial charge in [0.15, 0.2) is 0 Å². The minimum absolute atomic E-state index is 0.131. The van der Waals surface area contributed by atoms with Gasteiger partial charge in [-0.2, -0.15) is 0 Å². The fourth-order valence-electron chi connectivity index (χ4n) is 2.60. The van der Waals surface area contributed by atoms with Gasteiger partial charge < -0.3 is 5.11 Å². The number of aliphatic carboxylic acids is 1. The Bertz CT molecular complexity index is 414. The van der Waals surface area contributed by atoms with Crippen molar-refractivity contribution < 1.29 is 14.3 Å². The second-order valence-corrected chi connectivity index (χ2v) is 4.49. The van der Waals surface area contributed by atoms with Gasteiger partial charge in [0.25, 0.3) is 0 Å². The molecule has 0 aromatic heterocycles. The highest BCUT2D eigenvalue weighted by atomic mass is 19.1. The Hall–Kier alpha value is -1.38. The molecule has 2 nitrogen and oxygen atoms in total. The van der Waals surface area contributed by atoms with Crippen molar-refractivity contribution in [3.05, 3.63) is 35.1 Å². The van der Waals surface area contributed by atoms with Crippen molar-refractivity contribution in [2.24, 2.45) is 5.92 Å². The van der Waals surface area contributed by atoms with Gasteiger partial charge in [0, 0.05) is 6.42 Å². The third-order valence-corrected chi connectivity index (χ3v) is 3.55. The molecule has 0 bridgehead atoms. The van der Waals surface area contributed by atoms with Crippen LogP contribution in [-0.2, 0) is 11.2 Å². The minimum Gasteiger partial charge on any atom is -0.481 e. The van der Waals surface area contributed by atoms with Crippen molar-refractivity contribution in [3.63, 3.8) is 0 Å². The monoisotopic (exact) mass is 222 g/mol. The molecule has 1 aliphatic rings. The largest absolute Gasteiger partial charge is 0.481 e. The van der Waals surface area contributed by atoms with Crippen molar-refractivity contribution in [1.82, 2.24) is 0 Å². The average Bonchev–Trinajstić information content (AvgIpc) is 2.23. The number of halogens is 1. The summed E-state index contributed by atoms with van der Waals surface area (Å²) in [6, 6.07) is 5.09. The molecule has 0 saturated heterocycles. The Balaban J connectivity index is 2.28. The summed E-state index contributed by atoms with van der Waals surface area (Å²) in [6.07, 6.45) is 1.60. The molecule has 0 radical (unpaired) electrons. The Labute approximate surface area is 94.1 Å². The van der Waals surface area contributed by atoms with E-state index >= 15 is 0 Å². The lowest BCUT2D eigenvalue weighted by molar-refractivity contribution is -0.138. The zero-order chi connectivity index (χ0) is 11.7. The predicted molar refractivity (Wildman–Crippen MR) is 58.9 cm³/mol. The summed E-state index contributed by atoms with van der Waals surface area (Å²) in [4.78, 5) is 10.7. The third-order valence-electron chi connectivity index (χ3n) is 3.55. The number of fused-ring (bicyclic) bond motifs is 1. The summed E-state index contributed by atoms with van der Waals surface area (Å²) < 4.78 is 13.5. The molecule has 16 heavy (non-hydrogen) atoms. The van der Waals surface area contributed by atoms with Crippen LogP contribution in [0.15, 0.2) is 18.2 Å². The van der Waals surface area contributed by atoms with Gasteiger partial charge in [-0.15, -0.1) is 0 Å². The Morgan fingerprint density at radius 1 is 1.56 bits per heavy atom. The highest BCUT2D eigenvalue weighted by molar-refractivity contribution is 5.67. The topological polar surface area (TPSA) is 37.3 Å². The first-order chi connectivity index (χ1) is 7.59. The first-order valence-electron chi connectivity index (χ1n) is 5.58. The van der Waals surface area contributed by atoms with Gasteiger partial charge in [-0.05, 0) is 41.9 Å². The summed E-state index contributed by atoms with van der Waals surface area (Å²) in [7, 11) is 0. The molecule has 1 N–H and O–H groups in total. The average molecular weight is 222 g/mol. The van der Waals surface area contributed by atoms with E-state index < -0.39 is 5.97 Å². The molecule has 2 unspecified atom stereocenters. The van der Waals surface area contributed by atoms with Crippen LogP contribution in [0.2, 0.25) is 0 Å². The van der Waals surface area contributed by atoms with E-state index in [0.717, 1.165) is 17.5 Å². The van der Waals surface area contributed by atoms with E-state index in [1.54, 1.807) is 6.07 Å². The van der Waals surface area contributed by atoms with Gasteiger partial charge in [-0.1, -0.05) is 19.1 Å². The number of carboxylic acids is 1. The molecule has 86 valence electrons. The molecular weight excluding hydrogens is 207 g/mol. The molecule has 1 aliphatic carbocycles. The van der Waals surface area contributed by atoms with Crippen molar-refractivity contribution >= 4 is 5.97 Å². The Morgan fingerprint density at radius 2 is 2.31 bits per heavy atom. The molecule has 2 rings (SSSR count). The summed E-state index contributed by atoms with van der Waals surface area (Å²) in [5, 5.41) is 8.81. The van der Waals surface area contributed by atoms with Crippen molar-refractivity contribution in [2.45, 2.75) is 32.1 Å². The first-order valence-corrected chi connectivity index (χ1v) is 5.58. The smallest absolute Gasteiger partial charge is 0.303 e. The van der Waals surface area contributed by atoms with E-state index in [1.807, 2.05) is 13.0 Å². The van der Waals surface area contributed by atoms with Gasteiger partial charge in [0.05, 0.1) is 0 Å². The number of hydrogen-bond donors (Lipinski definition) is 1. The van der Waals surface area contributed by atoms with Crippen LogP contribution >= 0.6 is 0 Å². The third kappa shape index (κ3) is 1.94. The highest BCUT2D eigenvalue weighted by Crippen LogP contribution is 2.38. The van der Waals surface area contributed by atoms with Gasteiger partial charge in [0.2, 0.25) is 0 Å². The van der Waals surface area contributed by atoms with Gasteiger partial charge in [-0.3, -0.25) is 4.79 Å². The zero-order valence-electron chi connectivity index (χ0n) is 9.24. The lowest BCUT2D eigenvalue weighted by Gasteiger charge is -2.30. The van der Waals surface area contributed by atoms with E-state index in [0.29, 0.717) is 6.42 Å². The summed E-state index contributed by atoms with van der Waals surface area (Å²) in [6.45, 7) is 1.99. The molecule has 2 atom stereocenters. The Morgan fingerprint density at radius 3 is 3.00 bits per heavy atom. The van der Waals surface area contributed by atoms with Crippen LogP contribution in [0, 0.1) is 11.7 Å². The number of carboxylic acid groups (broad SMARTS) is 1. The molecule has 0 amide bonds. The summed E-state index contributed by atoms with van der Waals surface area (Å²) >= 11 is 0. The predicted octanol–water partition coefficient (Wildman–Crippen LogP) is 2.97. The number of rotatable bonds is 2. The minimum atomic E-state index is -0.767. The van der Waals surface area contributed by atoms with Crippen LogP contribution in [0.25, 0.3) is 0 Å². The number of benzene rings is 1. The van der Waals surface area contributed by atoms with Crippen molar-refractivity contribution in [3.8, 4) is 0 Å². The summed E-state index contributed by atoms with van der Waals surface area (Å²) in [5.74, 6) is -0.655. The molecule has 0 saturated carbocycles. The number of carbonyl (C=O) groups is 1. The maximum absolute atomic E-state index is 13.5. The lowest BCUT2D eigenvalue weighted by Crippen LogP contribution is -2.22. The van der Waals surface area contributed by atoms with E-state index in [2.05, 4.69) is 0 Å². The Kier molecular flexibility index (Phi) is 2.95. The van der Waals surface area contributed by atoms with Gasteiger partial charge in [0.1, 0.15) is 5.82 Å². The first kappa shape index (κ1) is 11.1. The lowest BCUT2D eigenvalue weighted by atomic mass is 9.74. The highest BCUT2D eigenvalue weighted by Gasteiger charge is 2.29. The molecule has 0 heterocycles.